The van der Waals surface area contributed by atoms with Crippen LogP contribution in [0.15, 0.2) is 10.5 Å². The molecule has 0 amide bonds. The second kappa shape index (κ2) is 7.18. The molecule has 0 aliphatic carbocycles. The Morgan fingerprint density at radius 2 is 2.11 bits per heavy atom. The molecule has 0 aromatic carbocycles. The van der Waals surface area contributed by atoms with Crippen LogP contribution >= 0.6 is 0 Å². The van der Waals surface area contributed by atoms with Crippen molar-refractivity contribution < 1.29 is 14.3 Å². The van der Waals surface area contributed by atoms with E-state index in [-0.39, 0.29) is 5.76 Å². The first-order valence-corrected chi connectivity index (χ1v) is 6.34. The van der Waals surface area contributed by atoms with Gasteiger partial charge in [-0.25, -0.2) is 4.79 Å². The van der Waals surface area contributed by atoms with E-state index in [4.69, 9.17) is 9.52 Å². The lowest BCUT2D eigenvalue weighted by Gasteiger charge is -2.17. The first kappa shape index (κ1) is 14.7. The van der Waals surface area contributed by atoms with Crippen LogP contribution in [0.4, 0.5) is 0 Å². The SMILES string of the molecule is CCN(CC)CCNCc1cc(C(=O)O)oc1C. The fraction of sp³-hybridized carbons (Fsp3) is 0.615. The average Bonchev–Trinajstić information content (AvgIpc) is 2.71. The highest BCUT2D eigenvalue weighted by molar-refractivity contribution is 5.84. The molecule has 2 N–H and O–H groups in total. The standard InChI is InChI=1S/C13H22N2O3/c1-4-15(5-2)7-6-14-9-11-8-12(13(16)17)18-10(11)3/h8,14H,4-7,9H2,1-3H3,(H,16,17). The number of carbonyl (C=O) groups is 1. The molecule has 102 valence electrons. The largest absolute Gasteiger partial charge is 0.475 e. The topological polar surface area (TPSA) is 65.7 Å². The maximum Gasteiger partial charge on any atom is 0.371 e. The van der Waals surface area contributed by atoms with Gasteiger partial charge in [-0.15, -0.1) is 0 Å². The summed E-state index contributed by atoms with van der Waals surface area (Å²) in [5.74, 6) is -0.344. The minimum Gasteiger partial charge on any atom is -0.475 e. The minimum atomic E-state index is -1.02. The van der Waals surface area contributed by atoms with Gasteiger partial charge in [-0.2, -0.15) is 0 Å². The number of carboxylic acid groups (broad SMARTS) is 1. The summed E-state index contributed by atoms with van der Waals surface area (Å²) in [5, 5.41) is 12.1. The Kier molecular flexibility index (Phi) is 5.88. The highest BCUT2D eigenvalue weighted by atomic mass is 16.4. The molecule has 1 heterocycles. The van der Waals surface area contributed by atoms with E-state index in [1.807, 2.05) is 0 Å². The predicted molar refractivity (Wildman–Crippen MR) is 69.9 cm³/mol. The molecule has 0 fully saturated rings. The van der Waals surface area contributed by atoms with E-state index >= 15 is 0 Å². The average molecular weight is 254 g/mol. The number of nitrogens with zero attached hydrogens (tertiary/aromatic N) is 1. The van der Waals surface area contributed by atoms with Crippen molar-refractivity contribution in [2.75, 3.05) is 26.2 Å². The molecule has 0 saturated heterocycles. The summed E-state index contributed by atoms with van der Waals surface area (Å²) in [6, 6.07) is 1.59. The van der Waals surface area contributed by atoms with Gasteiger partial charge in [0, 0.05) is 25.2 Å². The van der Waals surface area contributed by atoms with Crippen molar-refractivity contribution in [2.24, 2.45) is 0 Å². The number of nitrogens with one attached hydrogen (secondary N) is 1. The first-order valence-electron chi connectivity index (χ1n) is 6.34. The quantitative estimate of drug-likeness (QED) is 0.691. The molecule has 5 heteroatoms. The maximum atomic E-state index is 10.7. The van der Waals surface area contributed by atoms with Crippen LogP contribution < -0.4 is 5.32 Å². The third-order valence-electron chi connectivity index (χ3n) is 3.05. The maximum absolute atomic E-state index is 10.7. The van der Waals surface area contributed by atoms with Crippen LogP contribution in [-0.2, 0) is 6.54 Å². The molecule has 0 saturated carbocycles. The number of likely N-dealkylation sites (N-methyl/N-ethyl adjacent to an activating group) is 1. The number of hydrogen-bond donors (Lipinski definition) is 2. The monoisotopic (exact) mass is 254 g/mol. The van der Waals surface area contributed by atoms with Gasteiger partial charge in [-0.05, 0) is 26.1 Å². The van der Waals surface area contributed by atoms with E-state index in [1.54, 1.807) is 13.0 Å². The zero-order valence-electron chi connectivity index (χ0n) is 11.3. The Balaban J connectivity index is 2.37. The summed E-state index contributed by atoms with van der Waals surface area (Å²) in [6.07, 6.45) is 0. The second-order valence-electron chi connectivity index (χ2n) is 4.20. The molecule has 18 heavy (non-hydrogen) atoms. The van der Waals surface area contributed by atoms with Crippen LogP contribution in [0.1, 0.15) is 35.7 Å². The van der Waals surface area contributed by atoms with Crippen LogP contribution in [0.3, 0.4) is 0 Å². The second-order valence-corrected chi connectivity index (χ2v) is 4.20. The van der Waals surface area contributed by atoms with E-state index in [9.17, 15) is 4.79 Å². The summed E-state index contributed by atoms with van der Waals surface area (Å²) in [5.41, 5.74) is 0.909. The third-order valence-corrected chi connectivity index (χ3v) is 3.05. The van der Waals surface area contributed by atoms with Crippen LogP contribution in [0.25, 0.3) is 0 Å². The molecule has 0 aliphatic heterocycles. The zero-order valence-corrected chi connectivity index (χ0v) is 11.3. The van der Waals surface area contributed by atoms with Gasteiger partial charge in [0.25, 0.3) is 0 Å². The number of aryl methyl sites for hydroxylation is 1. The van der Waals surface area contributed by atoms with Gasteiger partial charge < -0.3 is 19.7 Å². The van der Waals surface area contributed by atoms with Crippen molar-refractivity contribution in [1.82, 2.24) is 10.2 Å². The molecule has 0 atom stereocenters. The van der Waals surface area contributed by atoms with E-state index < -0.39 is 5.97 Å². The normalized spacial score (nSPS) is 11.1. The summed E-state index contributed by atoms with van der Waals surface area (Å²) in [6.45, 7) is 10.7. The zero-order chi connectivity index (χ0) is 13.5. The lowest BCUT2D eigenvalue weighted by atomic mass is 10.2. The lowest BCUT2D eigenvalue weighted by Crippen LogP contribution is -2.31. The summed E-state index contributed by atoms with van der Waals surface area (Å²) >= 11 is 0. The van der Waals surface area contributed by atoms with E-state index in [0.29, 0.717) is 12.3 Å². The Labute approximate surface area is 108 Å². The number of hydrogen-bond acceptors (Lipinski definition) is 4. The molecule has 0 radical (unpaired) electrons. The van der Waals surface area contributed by atoms with Crippen LogP contribution in [0, 0.1) is 6.92 Å². The van der Waals surface area contributed by atoms with Gasteiger partial charge in [0.2, 0.25) is 5.76 Å². The summed E-state index contributed by atoms with van der Waals surface area (Å²) in [4.78, 5) is 13.1. The molecule has 0 unspecified atom stereocenters. The first-order chi connectivity index (χ1) is 8.58. The molecule has 1 rings (SSSR count). The summed E-state index contributed by atoms with van der Waals surface area (Å²) in [7, 11) is 0. The predicted octanol–water partition coefficient (Wildman–Crippen LogP) is 1.72. The van der Waals surface area contributed by atoms with E-state index in [2.05, 4.69) is 24.1 Å². The van der Waals surface area contributed by atoms with Gasteiger partial charge in [-0.3, -0.25) is 0 Å². The Hall–Kier alpha value is -1.33. The van der Waals surface area contributed by atoms with Gasteiger partial charge in [0.1, 0.15) is 5.76 Å². The molecular weight excluding hydrogens is 232 g/mol. The van der Waals surface area contributed by atoms with Crippen molar-refractivity contribution in [3.63, 3.8) is 0 Å². The molecule has 1 aromatic heterocycles. The molecule has 0 aliphatic rings. The van der Waals surface area contributed by atoms with Crippen molar-refractivity contribution in [3.05, 3.63) is 23.2 Å². The van der Waals surface area contributed by atoms with Crippen molar-refractivity contribution in [3.8, 4) is 0 Å². The van der Waals surface area contributed by atoms with Crippen molar-refractivity contribution >= 4 is 5.97 Å². The smallest absolute Gasteiger partial charge is 0.371 e. The fourth-order valence-corrected chi connectivity index (χ4v) is 1.80. The number of furan rings is 1. The van der Waals surface area contributed by atoms with E-state index in [1.165, 1.54) is 0 Å². The highest BCUT2D eigenvalue weighted by Gasteiger charge is 2.12. The number of rotatable bonds is 8. The fourth-order valence-electron chi connectivity index (χ4n) is 1.80. The minimum absolute atomic E-state index is 0.00745. The lowest BCUT2D eigenvalue weighted by molar-refractivity contribution is 0.0661. The van der Waals surface area contributed by atoms with Gasteiger partial charge in [0.05, 0.1) is 0 Å². The van der Waals surface area contributed by atoms with Crippen LogP contribution in [0.2, 0.25) is 0 Å². The van der Waals surface area contributed by atoms with Crippen molar-refractivity contribution in [1.29, 1.82) is 0 Å². The van der Waals surface area contributed by atoms with Gasteiger partial charge in [-0.1, -0.05) is 13.8 Å². The number of aromatic carboxylic acids is 1. The summed E-state index contributed by atoms with van der Waals surface area (Å²) < 4.78 is 5.15. The van der Waals surface area contributed by atoms with Crippen molar-refractivity contribution in [2.45, 2.75) is 27.3 Å². The Bertz CT molecular complexity index is 384. The molecular formula is C13H22N2O3. The Morgan fingerprint density at radius 1 is 1.44 bits per heavy atom. The highest BCUT2D eigenvalue weighted by Crippen LogP contribution is 2.14. The molecule has 0 spiro atoms. The van der Waals surface area contributed by atoms with E-state index in [0.717, 1.165) is 31.7 Å². The molecule has 5 nitrogen and oxygen atoms in total. The van der Waals surface area contributed by atoms with Crippen LogP contribution in [0.5, 0.6) is 0 Å². The third kappa shape index (κ3) is 4.16. The van der Waals surface area contributed by atoms with Crippen LogP contribution in [-0.4, -0.2) is 42.2 Å². The number of carboxylic acids is 1. The Morgan fingerprint density at radius 3 is 2.61 bits per heavy atom. The van der Waals surface area contributed by atoms with Gasteiger partial charge in [0.15, 0.2) is 0 Å². The molecule has 0 bridgehead atoms. The molecule has 1 aromatic rings. The van der Waals surface area contributed by atoms with Gasteiger partial charge >= 0.3 is 5.97 Å².